The molecule has 2 fully saturated rings. The van der Waals surface area contributed by atoms with Gasteiger partial charge in [0.25, 0.3) is 5.91 Å². The molecule has 2 aromatic carbocycles. The zero-order valence-electron chi connectivity index (χ0n) is 14.4. The Morgan fingerprint density at radius 1 is 1.04 bits per heavy atom. The Balaban J connectivity index is 1.37. The smallest absolute Gasteiger partial charge is 0.253 e. The highest BCUT2D eigenvalue weighted by Crippen LogP contribution is 2.46. The topological polar surface area (TPSA) is 41.6 Å². The normalized spacial score (nSPS) is 22.5. The predicted molar refractivity (Wildman–Crippen MR) is 99.1 cm³/mol. The van der Waals surface area contributed by atoms with Crippen LogP contribution >= 0.6 is 0 Å². The van der Waals surface area contributed by atoms with Crippen LogP contribution in [0.4, 0.5) is 5.69 Å². The second kappa shape index (κ2) is 7.28. The maximum atomic E-state index is 12.7. The molecule has 0 spiro atoms. The van der Waals surface area contributed by atoms with Crippen LogP contribution in [-0.2, 0) is 4.74 Å². The molecule has 130 valence electrons. The summed E-state index contributed by atoms with van der Waals surface area (Å²) in [7, 11) is 0. The highest BCUT2D eigenvalue weighted by Gasteiger charge is 2.38. The fourth-order valence-electron chi connectivity index (χ4n) is 3.65. The van der Waals surface area contributed by atoms with E-state index in [4.69, 9.17) is 4.74 Å². The standard InChI is InChI=1S/C21H24N2O2/c24-21(22-15-17-14-19(17)16-6-2-1-3-7-16)18-8-4-5-9-20(18)23-10-12-25-13-11-23/h1-9,17,19H,10-15H2,(H,22,24)/t17-,19+/m1/s1. The van der Waals surface area contributed by atoms with E-state index in [9.17, 15) is 4.79 Å². The molecule has 1 N–H and O–H groups in total. The fraction of sp³-hybridized carbons (Fsp3) is 0.381. The summed E-state index contributed by atoms with van der Waals surface area (Å²) < 4.78 is 5.42. The highest BCUT2D eigenvalue weighted by atomic mass is 16.5. The Labute approximate surface area is 148 Å². The SMILES string of the molecule is O=C(NC[C@H]1C[C@H]1c1ccccc1)c1ccccc1N1CCOCC1. The molecular weight excluding hydrogens is 312 g/mol. The van der Waals surface area contributed by atoms with Crippen LogP contribution in [0.3, 0.4) is 0 Å². The van der Waals surface area contributed by atoms with Crippen LogP contribution in [0.1, 0.15) is 28.3 Å². The molecule has 1 aliphatic heterocycles. The highest BCUT2D eigenvalue weighted by molar-refractivity contribution is 5.99. The first kappa shape index (κ1) is 16.2. The van der Waals surface area contributed by atoms with Gasteiger partial charge in [0.2, 0.25) is 0 Å². The van der Waals surface area contributed by atoms with Crippen molar-refractivity contribution in [2.75, 3.05) is 37.7 Å². The minimum atomic E-state index is 0.0285. The van der Waals surface area contributed by atoms with Crippen molar-refractivity contribution < 1.29 is 9.53 Å². The fourth-order valence-corrected chi connectivity index (χ4v) is 3.65. The monoisotopic (exact) mass is 336 g/mol. The molecule has 2 aliphatic rings. The van der Waals surface area contributed by atoms with Crippen LogP contribution in [0.25, 0.3) is 0 Å². The van der Waals surface area contributed by atoms with Gasteiger partial charge in [-0.25, -0.2) is 0 Å². The quantitative estimate of drug-likeness (QED) is 0.912. The Hall–Kier alpha value is -2.33. The number of nitrogens with zero attached hydrogens (tertiary/aromatic N) is 1. The van der Waals surface area contributed by atoms with Gasteiger partial charge in [-0.2, -0.15) is 0 Å². The van der Waals surface area contributed by atoms with E-state index in [0.29, 0.717) is 11.8 Å². The summed E-state index contributed by atoms with van der Waals surface area (Å²) in [6, 6.07) is 18.5. The summed E-state index contributed by atoms with van der Waals surface area (Å²) in [5.74, 6) is 1.18. The number of nitrogens with one attached hydrogen (secondary N) is 1. The van der Waals surface area contributed by atoms with Gasteiger partial charge < -0.3 is 15.0 Å². The maximum absolute atomic E-state index is 12.7. The van der Waals surface area contributed by atoms with Gasteiger partial charge in [0, 0.05) is 25.3 Å². The third-order valence-corrected chi connectivity index (χ3v) is 5.18. The summed E-state index contributed by atoms with van der Waals surface area (Å²) in [5, 5.41) is 3.14. The van der Waals surface area contributed by atoms with Crippen molar-refractivity contribution in [3.05, 3.63) is 65.7 Å². The number of rotatable bonds is 5. The molecular formula is C21H24N2O2. The number of para-hydroxylation sites is 1. The first-order chi connectivity index (χ1) is 12.3. The van der Waals surface area contributed by atoms with E-state index >= 15 is 0 Å². The lowest BCUT2D eigenvalue weighted by Gasteiger charge is -2.30. The number of hydrogen-bond donors (Lipinski definition) is 1. The van der Waals surface area contributed by atoms with Crippen molar-refractivity contribution in [1.29, 1.82) is 0 Å². The second-order valence-corrected chi connectivity index (χ2v) is 6.84. The van der Waals surface area contributed by atoms with Crippen molar-refractivity contribution >= 4 is 11.6 Å². The van der Waals surface area contributed by atoms with Crippen molar-refractivity contribution in [3.8, 4) is 0 Å². The lowest BCUT2D eigenvalue weighted by atomic mass is 10.1. The molecule has 0 unspecified atom stereocenters. The zero-order chi connectivity index (χ0) is 17.1. The van der Waals surface area contributed by atoms with E-state index in [1.54, 1.807) is 0 Å². The van der Waals surface area contributed by atoms with Gasteiger partial charge in [-0.15, -0.1) is 0 Å². The number of amides is 1. The maximum Gasteiger partial charge on any atom is 0.253 e. The summed E-state index contributed by atoms with van der Waals surface area (Å²) in [6.07, 6.45) is 1.16. The molecule has 1 saturated heterocycles. The molecule has 1 amide bonds. The molecule has 0 radical (unpaired) electrons. The number of carbonyl (C=O) groups excluding carboxylic acids is 1. The summed E-state index contributed by atoms with van der Waals surface area (Å²) in [6.45, 7) is 3.86. The molecule has 2 atom stereocenters. The number of carbonyl (C=O) groups is 1. The molecule has 4 nitrogen and oxygen atoms in total. The number of hydrogen-bond acceptors (Lipinski definition) is 3. The Morgan fingerprint density at radius 2 is 1.76 bits per heavy atom. The largest absolute Gasteiger partial charge is 0.378 e. The predicted octanol–water partition coefficient (Wildman–Crippen LogP) is 3.06. The van der Waals surface area contributed by atoms with Gasteiger partial charge in [0.1, 0.15) is 0 Å². The van der Waals surface area contributed by atoms with Crippen LogP contribution < -0.4 is 10.2 Å². The Kier molecular flexibility index (Phi) is 4.70. The molecule has 0 aromatic heterocycles. The average Bonchev–Trinajstić information content (AvgIpc) is 3.47. The van der Waals surface area contributed by atoms with Crippen molar-refractivity contribution in [2.45, 2.75) is 12.3 Å². The second-order valence-electron chi connectivity index (χ2n) is 6.84. The molecule has 1 aliphatic carbocycles. The zero-order valence-corrected chi connectivity index (χ0v) is 14.4. The van der Waals surface area contributed by atoms with Crippen LogP contribution in [0.15, 0.2) is 54.6 Å². The summed E-state index contributed by atoms with van der Waals surface area (Å²) in [4.78, 5) is 15.0. The Bertz CT molecular complexity index is 726. The van der Waals surface area contributed by atoms with Crippen molar-refractivity contribution in [2.24, 2.45) is 5.92 Å². The van der Waals surface area contributed by atoms with Gasteiger partial charge in [0.15, 0.2) is 0 Å². The van der Waals surface area contributed by atoms with E-state index in [0.717, 1.165) is 50.5 Å². The number of morpholine rings is 1. The van der Waals surface area contributed by atoms with Crippen molar-refractivity contribution in [1.82, 2.24) is 5.32 Å². The number of ether oxygens (including phenoxy) is 1. The van der Waals surface area contributed by atoms with Gasteiger partial charge in [-0.1, -0.05) is 42.5 Å². The van der Waals surface area contributed by atoms with Gasteiger partial charge in [-0.05, 0) is 36.0 Å². The minimum Gasteiger partial charge on any atom is -0.378 e. The van der Waals surface area contributed by atoms with E-state index in [1.807, 2.05) is 30.3 Å². The average molecular weight is 336 g/mol. The lowest BCUT2D eigenvalue weighted by molar-refractivity contribution is 0.0950. The van der Waals surface area contributed by atoms with Crippen LogP contribution in [-0.4, -0.2) is 38.8 Å². The van der Waals surface area contributed by atoms with Crippen molar-refractivity contribution in [3.63, 3.8) is 0 Å². The van der Waals surface area contributed by atoms with Gasteiger partial charge in [0.05, 0.1) is 18.8 Å². The Morgan fingerprint density at radius 3 is 2.56 bits per heavy atom. The molecule has 1 heterocycles. The van der Waals surface area contributed by atoms with E-state index in [1.165, 1.54) is 5.56 Å². The van der Waals surface area contributed by atoms with Gasteiger partial charge >= 0.3 is 0 Å². The molecule has 25 heavy (non-hydrogen) atoms. The first-order valence-corrected chi connectivity index (χ1v) is 9.08. The number of benzene rings is 2. The van der Waals surface area contributed by atoms with E-state index in [-0.39, 0.29) is 5.91 Å². The third kappa shape index (κ3) is 3.69. The molecule has 0 bridgehead atoms. The third-order valence-electron chi connectivity index (χ3n) is 5.18. The summed E-state index contributed by atoms with van der Waals surface area (Å²) >= 11 is 0. The first-order valence-electron chi connectivity index (χ1n) is 9.08. The van der Waals surface area contributed by atoms with Crippen LogP contribution in [0.2, 0.25) is 0 Å². The minimum absolute atomic E-state index is 0.0285. The lowest BCUT2D eigenvalue weighted by Crippen LogP contribution is -2.38. The van der Waals surface area contributed by atoms with E-state index in [2.05, 4.69) is 34.5 Å². The molecule has 1 saturated carbocycles. The molecule has 4 heteroatoms. The summed E-state index contributed by atoms with van der Waals surface area (Å²) in [5.41, 5.74) is 3.16. The van der Waals surface area contributed by atoms with Crippen LogP contribution in [0.5, 0.6) is 0 Å². The van der Waals surface area contributed by atoms with Crippen LogP contribution in [0, 0.1) is 5.92 Å². The van der Waals surface area contributed by atoms with Gasteiger partial charge in [-0.3, -0.25) is 4.79 Å². The number of anilines is 1. The van der Waals surface area contributed by atoms with E-state index < -0.39 is 0 Å². The molecule has 2 aromatic rings. The molecule has 4 rings (SSSR count).